The fourth-order valence-corrected chi connectivity index (χ4v) is 2.21. The molecule has 1 atom stereocenters. The van der Waals surface area contributed by atoms with Gasteiger partial charge in [-0.05, 0) is 13.0 Å². The Balaban J connectivity index is 2.16. The summed E-state index contributed by atoms with van der Waals surface area (Å²) in [4.78, 5) is 12.9. The normalized spacial score (nSPS) is 12.3. The van der Waals surface area contributed by atoms with E-state index in [9.17, 15) is 0 Å². The third-order valence-corrected chi connectivity index (χ3v) is 3.19. The van der Waals surface area contributed by atoms with Crippen LogP contribution in [0.25, 0.3) is 0 Å². The van der Waals surface area contributed by atoms with Gasteiger partial charge in [0, 0.05) is 37.6 Å². The molecule has 0 saturated heterocycles. The first-order valence-electron chi connectivity index (χ1n) is 6.99. The maximum Gasteiger partial charge on any atom is 0.131 e. The van der Waals surface area contributed by atoms with Crippen LogP contribution >= 0.6 is 0 Å². The lowest BCUT2D eigenvalue weighted by molar-refractivity contribution is 0.610. The van der Waals surface area contributed by atoms with Gasteiger partial charge in [-0.1, -0.05) is 13.3 Å². The number of hydrogen-bond acceptors (Lipinski definition) is 5. The SMILES string of the molecule is CCC[C@@H](Nc1cc(CCN)ncn1)c1nccn1C. The second-order valence-corrected chi connectivity index (χ2v) is 4.82. The Bertz CT molecular complexity index is 536. The van der Waals surface area contributed by atoms with Crippen molar-refractivity contribution in [1.29, 1.82) is 0 Å². The van der Waals surface area contributed by atoms with E-state index < -0.39 is 0 Å². The molecule has 0 fully saturated rings. The van der Waals surface area contributed by atoms with Crippen molar-refractivity contribution in [3.63, 3.8) is 0 Å². The molecular formula is C14H22N6. The molecule has 0 aliphatic heterocycles. The molecule has 0 amide bonds. The van der Waals surface area contributed by atoms with Crippen LogP contribution in [0.1, 0.15) is 37.3 Å². The zero-order chi connectivity index (χ0) is 14.4. The van der Waals surface area contributed by atoms with Crippen LogP contribution in [0.15, 0.2) is 24.8 Å². The molecule has 20 heavy (non-hydrogen) atoms. The molecule has 0 aliphatic rings. The number of aromatic nitrogens is 4. The van der Waals surface area contributed by atoms with Gasteiger partial charge in [0.1, 0.15) is 18.0 Å². The van der Waals surface area contributed by atoms with Crippen molar-refractivity contribution in [3.05, 3.63) is 36.3 Å². The summed E-state index contributed by atoms with van der Waals surface area (Å²) in [6, 6.07) is 2.11. The van der Waals surface area contributed by atoms with E-state index in [1.807, 2.05) is 30.1 Å². The van der Waals surface area contributed by atoms with Crippen LogP contribution in [-0.2, 0) is 13.5 Å². The molecule has 6 nitrogen and oxygen atoms in total. The van der Waals surface area contributed by atoms with Crippen molar-refractivity contribution >= 4 is 5.82 Å². The minimum absolute atomic E-state index is 0.153. The number of aryl methyl sites for hydroxylation is 1. The zero-order valence-corrected chi connectivity index (χ0v) is 12.1. The van der Waals surface area contributed by atoms with Gasteiger partial charge in [-0.25, -0.2) is 15.0 Å². The Morgan fingerprint density at radius 3 is 2.85 bits per heavy atom. The van der Waals surface area contributed by atoms with Crippen molar-refractivity contribution in [1.82, 2.24) is 19.5 Å². The van der Waals surface area contributed by atoms with Crippen molar-refractivity contribution < 1.29 is 0 Å². The molecular weight excluding hydrogens is 252 g/mol. The zero-order valence-electron chi connectivity index (χ0n) is 12.1. The molecule has 0 aromatic carbocycles. The van der Waals surface area contributed by atoms with E-state index in [1.54, 1.807) is 6.33 Å². The van der Waals surface area contributed by atoms with Gasteiger partial charge in [-0.2, -0.15) is 0 Å². The predicted octanol–water partition coefficient (Wildman–Crippen LogP) is 1.66. The molecule has 0 bridgehead atoms. The van der Waals surface area contributed by atoms with Gasteiger partial charge >= 0.3 is 0 Å². The summed E-state index contributed by atoms with van der Waals surface area (Å²) < 4.78 is 2.04. The first kappa shape index (κ1) is 14.5. The van der Waals surface area contributed by atoms with Crippen LogP contribution < -0.4 is 11.1 Å². The molecule has 2 aromatic rings. The topological polar surface area (TPSA) is 81.7 Å². The number of hydrogen-bond donors (Lipinski definition) is 2. The van der Waals surface area contributed by atoms with E-state index in [0.29, 0.717) is 6.54 Å². The highest BCUT2D eigenvalue weighted by atomic mass is 15.1. The van der Waals surface area contributed by atoms with Gasteiger partial charge in [0.05, 0.1) is 6.04 Å². The first-order valence-corrected chi connectivity index (χ1v) is 6.99. The van der Waals surface area contributed by atoms with E-state index in [0.717, 1.165) is 36.6 Å². The number of nitrogens with two attached hydrogens (primary N) is 1. The average molecular weight is 274 g/mol. The highest BCUT2D eigenvalue weighted by Crippen LogP contribution is 2.21. The largest absolute Gasteiger partial charge is 0.360 e. The van der Waals surface area contributed by atoms with Gasteiger partial charge in [-0.3, -0.25) is 0 Å². The van der Waals surface area contributed by atoms with E-state index in [1.165, 1.54) is 0 Å². The molecule has 2 rings (SSSR count). The van der Waals surface area contributed by atoms with Crippen LogP contribution in [0.2, 0.25) is 0 Å². The second kappa shape index (κ2) is 7.00. The molecule has 3 N–H and O–H groups in total. The monoisotopic (exact) mass is 274 g/mol. The van der Waals surface area contributed by atoms with Crippen LogP contribution in [0, 0.1) is 0 Å². The summed E-state index contributed by atoms with van der Waals surface area (Å²) in [6.45, 7) is 2.76. The van der Waals surface area contributed by atoms with E-state index in [4.69, 9.17) is 5.73 Å². The van der Waals surface area contributed by atoms with Gasteiger partial charge in [0.2, 0.25) is 0 Å². The number of nitrogens with zero attached hydrogens (tertiary/aromatic N) is 4. The van der Waals surface area contributed by atoms with Gasteiger partial charge < -0.3 is 15.6 Å². The highest BCUT2D eigenvalue weighted by Gasteiger charge is 2.15. The lowest BCUT2D eigenvalue weighted by Crippen LogP contribution is -2.16. The van der Waals surface area contributed by atoms with Gasteiger partial charge in [-0.15, -0.1) is 0 Å². The van der Waals surface area contributed by atoms with Gasteiger partial charge in [0.15, 0.2) is 0 Å². The third-order valence-electron chi connectivity index (χ3n) is 3.19. The van der Waals surface area contributed by atoms with E-state index in [-0.39, 0.29) is 6.04 Å². The Morgan fingerprint density at radius 2 is 2.20 bits per heavy atom. The maximum absolute atomic E-state index is 5.56. The predicted molar refractivity (Wildman–Crippen MR) is 79.3 cm³/mol. The quantitative estimate of drug-likeness (QED) is 0.802. The number of nitrogens with one attached hydrogen (secondary N) is 1. The second-order valence-electron chi connectivity index (χ2n) is 4.82. The molecule has 0 radical (unpaired) electrons. The summed E-state index contributed by atoms with van der Waals surface area (Å²) in [5.41, 5.74) is 6.52. The Kier molecular flexibility index (Phi) is 5.06. The summed E-state index contributed by atoms with van der Waals surface area (Å²) >= 11 is 0. The van der Waals surface area contributed by atoms with Crippen molar-refractivity contribution in [2.75, 3.05) is 11.9 Å². The summed E-state index contributed by atoms with van der Waals surface area (Å²) in [7, 11) is 2.01. The standard InChI is InChI=1S/C14H22N6/c1-3-4-12(14-16-7-8-20(14)2)19-13-9-11(5-6-15)17-10-18-13/h7-10,12H,3-6,15H2,1-2H3,(H,17,18,19)/t12-/m1/s1. The van der Waals surface area contributed by atoms with Crippen molar-refractivity contribution in [3.8, 4) is 0 Å². The number of imidazole rings is 1. The van der Waals surface area contributed by atoms with E-state index >= 15 is 0 Å². The Hall–Kier alpha value is -1.95. The molecule has 2 aromatic heterocycles. The van der Waals surface area contributed by atoms with Crippen LogP contribution in [-0.4, -0.2) is 26.1 Å². The lowest BCUT2D eigenvalue weighted by Gasteiger charge is -2.18. The number of anilines is 1. The fraction of sp³-hybridized carbons (Fsp3) is 0.500. The lowest BCUT2D eigenvalue weighted by atomic mass is 10.1. The highest BCUT2D eigenvalue weighted by molar-refractivity contribution is 5.37. The van der Waals surface area contributed by atoms with Crippen molar-refractivity contribution in [2.24, 2.45) is 12.8 Å². The van der Waals surface area contributed by atoms with Crippen LogP contribution in [0.4, 0.5) is 5.82 Å². The molecule has 6 heteroatoms. The van der Waals surface area contributed by atoms with Crippen LogP contribution in [0.5, 0.6) is 0 Å². The summed E-state index contributed by atoms with van der Waals surface area (Å²) in [5.74, 6) is 1.84. The smallest absolute Gasteiger partial charge is 0.131 e. The minimum Gasteiger partial charge on any atom is -0.360 e. The number of rotatable bonds is 7. The molecule has 108 valence electrons. The van der Waals surface area contributed by atoms with Gasteiger partial charge in [0.25, 0.3) is 0 Å². The molecule has 0 aliphatic carbocycles. The molecule has 0 unspecified atom stereocenters. The maximum atomic E-state index is 5.56. The van der Waals surface area contributed by atoms with Crippen LogP contribution in [0.3, 0.4) is 0 Å². The molecule has 0 spiro atoms. The first-order chi connectivity index (χ1) is 9.74. The molecule has 2 heterocycles. The third kappa shape index (κ3) is 3.54. The van der Waals surface area contributed by atoms with E-state index in [2.05, 4.69) is 27.2 Å². The van der Waals surface area contributed by atoms with Crippen molar-refractivity contribution in [2.45, 2.75) is 32.2 Å². The summed E-state index contributed by atoms with van der Waals surface area (Å²) in [5, 5.41) is 3.45. The Morgan fingerprint density at radius 1 is 1.35 bits per heavy atom. The summed E-state index contributed by atoms with van der Waals surface area (Å²) in [6.07, 6.45) is 8.19. The fourth-order valence-electron chi connectivity index (χ4n) is 2.21. The molecule has 0 saturated carbocycles. The Labute approximate surface area is 119 Å². The average Bonchev–Trinajstić information content (AvgIpc) is 2.85. The minimum atomic E-state index is 0.153.